The first-order valence-electron chi connectivity index (χ1n) is 9.05. The number of rotatable bonds is 9. The lowest BCUT2D eigenvalue weighted by Crippen LogP contribution is -2.33. The maximum Gasteiger partial charge on any atom is 0.239 e. The van der Waals surface area contributed by atoms with Crippen molar-refractivity contribution in [1.29, 1.82) is 0 Å². The minimum Gasteiger partial charge on any atom is -0.492 e. The predicted molar refractivity (Wildman–Crippen MR) is 108 cm³/mol. The number of aryl methyl sites for hydroxylation is 1. The van der Waals surface area contributed by atoms with Crippen molar-refractivity contribution in [2.24, 2.45) is 5.92 Å². The molecular weight excluding hydrogens is 342 g/mol. The molecule has 0 radical (unpaired) electrons. The van der Waals surface area contributed by atoms with Gasteiger partial charge < -0.3 is 20.7 Å². The molecule has 2 amide bonds. The summed E-state index contributed by atoms with van der Waals surface area (Å²) in [6.45, 7) is 6.61. The Morgan fingerprint density at radius 2 is 1.81 bits per heavy atom. The van der Waals surface area contributed by atoms with Gasteiger partial charge in [0.1, 0.15) is 12.4 Å². The molecule has 144 valence electrons. The molecule has 0 aliphatic rings. The molecule has 3 N–H and O–H groups in total. The van der Waals surface area contributed by atoms with Gasteiger partial charge in [-0.2, -0.15) is 0 Å². The highest BCUT2D eigenvalue weighted by Gasteiger charge is 2.09. The van der Waals surface area contributed by atoms with Gasteiger partial charge in [0.15, 0.2) is 0 Å². The Balaban J connectivity index is 1.76. The van der Waals surface area contributed by atoms with Crippen LogP contribution in [-0.4, -0.2) is 31.5 Å². The smallest absolute Gasteiger partial charge is 0.239 e. The number of nitrogens with one attached hydrogen (secondary N) is 3. The third-order valence-corrected chi connectivity index (χ3v) is 3.91. The van der Waals surface area contributed by atoms with Gasteiger partial charge in [-0.15, -0.1) is 0 Å². The second-order valence-electron chi connectivity index (χ2n) is 6.54. The Hall–Kier alpha value is -3.02. The summed E-state index contributed by atoms with van der Waals surface area (Å²) in [5.74, 6) is 0.524. The number of amides is 2. The van der Waals surface area contributed by atoms with Gasteiger partial charge in [0, 0.05) is 17.3 Å². The third-order valence-electron chi connectivity index (χ3n) is 3.91. The lowest BCUT2D eigenvalue weighted by atomic mass is 10.1. The van der Waals surface area contributed by atoms with Crippen LogP contribution in [-0.2, 0) is 9.59 Å². The number of hydrogen-bond acceptors (Lipinski definition) is 4. The van der Waals surface area contributed by atoms with Crippen LogP contribution < -0.4 is 20.7 Å². The van der Waals surface area contributed by atoms with E-state index in [0.717, 1.165) is 17.0 Å². The summed E-state index contributed by atoms with van der Waals surface area (Å²) in [7, 11) is 0. The van der Waals surface area contributed by atoms with E-state index in [9.17, 15) is 9.59 Å². The molecule has 27 heavy (non-hydrogen) atoms. The zero-order valence-electron chi connectivity index (χ0n) is 16.0. The Kier molecular flexibility index (Phi) is 7.67. The number of hydrogen-bond donors (Lipinski definition) is 3. The Bertz CT molecular complexity index is 761. The summed E-state index contributed by atoms with van der Waals surface area (Å²) in [6, 6.07) is 15.1. The number of benzene rings is 2. The van der Waals surface area contributed by atoms with Crippen molar-refractivity contribution >= 4 is 23.2 Å². The molecule has 6 heteroatoms. The van der Waals surface area contributed by atoms with Crippen LogP contribution in [0, 0.1) is 12.8 Å². The largest absolute Gasteiger partial charge is 0.492 e. The average Bonchev–Trinajstić information content (AvgIpc) is 2.66. The fourth-order valence-corrected chi connectivity index (χ4v) is 2.29. The van der Waals surface area contributed by atoms with E-state index in [4.69, 9.17) is 4.74 Å². The van der Waals surface area contributed by atoms with E-state index in [-0.39, 0.29) is 24.3 Å². The zero-order chi connectivity index (χ0) is 19.6. The summed E-state index contributed by atoms with van der Waals surface area (Å²) in [4.78, 5) is 23.8. The molecule has 0 saturated heterocycles. The van der Waals surface area contributed by atoms with Crippen molar-refractivity contribution in [2.45, 2.75) is 20.8 Å². The van der Waals surface area contributed by atoms with E-state index >= 15 is 0 Å². The molecule has 0 fully saturated rings. The van der Waals surface area contributed by atoms with E-state index in [1.807, 2.05) is 69.3 Å². The van der Waals surface area contributed by atoms with Gasteiger partial charge in [0.2, 0.25) is 11.8 Å². The zero-order valence-corrected chi connectivity index (χ0v) is 16.0. The quantitative estimate of drug-likeness (QED) is 0.593. The maximum atomic E-state index is 12.0. The van der Waals surface area contributed by atoms with E-state index in [1.54, 1.807) is 0 Å². The SMILES string of the molecule is Cc1ccc(NC(=O)C(C)C)cc1NCC(=O)NCCOc1ccccc1. The van der Waals surface area contributed by atoms with Crippen molar-refractivity contribution < 1.29 is 14.3 Å². The second-order valence-corrected chi connectivity index (χ2v) is 6.54. The minimum absolute atomic E-state index is 0.0408. The van der Waals surface area contributed by atoms with Gasteiger partial charge >= 0.3 is 0 Å². The van der Waals surface area contributed by atoms with Gasteiger partial charge in [0.25, 0.3) is 0 Å². The molecule has 2 aromatic rings. The lowest BCUT2D eigenvalue weighted by Gasteiger charge is -2.13. The Morgan fingerprint density at radius 1 is 1.07 bits per heavy atom. The van der Waals surface area contributed by atoms with Crippen LogP contribution in [0.25, 0.3) is 0 Å². The highest BCUT2D eigenvalue weighted by Crippen LogP contribution is 2.20. The predicted octanol–water partition coefficient (Wildman–Crippen LogP) is 3.20. The van der Waals surface area contributed by atoms with Crippen molar-refractivity contribution in [2.75, 3.05) is 30.3 Å². The molecular formula is C21H27N3O3. The number of carbonyl (C=O) groups excluding carboxylic acids is 2. The van der Waals surface area contributed by atoms with Gasteiger partial charge in [0.05, 0.1) is 13.1 Å². The fourth-order valence-electron chi connectivity index (χ4n) is 2.29. The second kappa shape index (κ2) is 10.2. The fraction of sp³-hybridized carbons (Fsp3) is 0.333. The summed E-state index contributed by atoms with van der Waals surface area (Å²) in [5, 5.41) is 8.78. The number of anilines is 2. The number of carbonyl (C=O) groups is 2. The lowest BCUT2D eigenvalue weighted by molar-refractivity contribution is -0.120. The molecule has 0 aromatic heterocycles. The summed E-state index contributed by atoms with van der Waals surface area (Å²) in [6.07, 6.45) is 0. The van der Waals surface area contributed by atoms with E-state index in [1.165, 1.54) is 0 Å². The molecule has 0 atom stereocenters. The molecule has 0 spiro atoms. The minimum atomic E-state index is -0.123. The van der Waals surface area contributed by atoms with Gasteiger partial charge in [-0.25, -0.2) is 0 Å². The number of para-hydroxylation sites is 1. The maximum absolute atomic E-state index is 12.0. The highest BCUT2D eigenvalue weighted by atomic mass is 16.5. The summed E-state index contributed by atoms with van der Waals surface area (Å²) >= 11 is 0. The van der Waals surface area contributed by atoms with Crippen LogP contribution >= 0.6 is 0 Å². The van der Waals surface area contributed by atoms with Crippen LogP contribution in [0.3, 0.4) is 0 Å². The average molecular weight is 369 g/mol. The van der Waals surface area contributed by atoms with E-state index < -0.39 is 0 Å². The van der Waals surface area contributed by atoms with Crippen LogP contribution in [0.2, 0.25) is 0 Å². The van der Waals surface area contributed by atoms with E-state index in [0.29, 0.717) is 18.8 Å². The first-order chi connectivity index (χ1) is 13.0. The van der Waals surface area contributed by atoms with Crippen LogP contribution in [0.5, 0.6) is 5.75 Å². The van der Waals surface area contributed by atoms with Gasteiger partial charge in [-0.05, 0) is 36.8 Å². The van der Waals surface area contributed by atoms with Gasteiger partial charge in [-0.3, -0.25) is 9.59 Å². The highest BCUT2D eigenvalue weighted by molar-refractivity contribution is 5.92. The van der Waals surface area contributed by atoms with Gasteiger partial charge in [-0.1, -0.05) is 38.1 Å². The molecule has 0 aliphatic heterocycles. The topological polar surface area (TPSA) is 79.5 Å². The van der Waals surface area contributed by atoms with Crippen molar-refractivity contribution in [3.05, 3.63) is 54.1 Å². The Morgan fingerprint density at radius 3 is 2.52 bits per heavy atom. The Labute approximate surface area is 160 Å². The molecule has 6 nitrogen and oxygen atoms in total. The molecule has 0 bridgehead atoms. The van der Waals surface area contributed by atoms with E-state index in [2.05, 4.69) is 16.0 Å². The standard InChI is InChI=1S/C21H27N3O3/c1-15(2)21(26)24-17-10-9-16(3)19(13-17)23-14-20(25)22-11-12-27-18-7-5-4-6-8-18/h4-10,13,15,23H,11-12,14H2,1-3H3,(H,22,25)(H,24,26). The molecule has 0 heterocycles. The number of ether oxygens (including phenoxy) is 1. The summed E-state index contributed by atoms with van der Waals surface area (Å²) < 4.78 is 5.53. The first kappa shape index (κ1) is 20.3. The first-order valence-corrected chi connectivity index (χ1v) is 9.05. The molecule has 0 aliphatic carbocycles. The van der Waals surface area contributed by atoms with Crippen molar-refractivity contribution in [1.82, 2.24) is 5.32 Å². The van der Waals surface area contributed by atoms with Crippen molar-refractivity contribution in [3.8, 4) is 5.75 Å². The normalized spacial score (nSPS) is 10.4. The van der Waals surface area contributed by atoms with Crippen LogP contribution in [0.4, 0.5) is 11.4 Å². The summed E-state index contributed by atoms with van der Waals surface area (Å²) in [5.41, 5.74) is 2.52. The van der Waals surface area contributed by atoms with Crippen LogP contribution in [0.15, 0.2) is 48.5 Å². The third kappa shape index (κ3) is 7.01. The molecule has 0 saturated carbocycles. The molecule has 2 rings (SSSR count). The molecule has 2 aromatic carbocycles. The van der Waals surface area contributed by atoms with Crippen LogP contribution in [0.1, 0.15) is 19.4 Å². The van der Waals surface area contributed by atoms with Crippen molar-refractivity contribution in [3.63, 3.8) is 0 Å². The molecule has 0 unspecified atom stereocenters. The monoisotopic (exact) mass is 369 g/mol.